The molecule has 0 amide bonds. The van der Waals surface area contributed by atoms with Gasteiger partial charge in [-0.2, -0.15) is 13.2 Å². The Bertz CT molecular complexity index is 850. The summed E-state index contributed by atoms with van der Waals surface area (Å²) in [4.78, 5) is -0.141. The van der Waals surface area contributed by atoms with Crippen molar-refractivity contribution in [2.45, 2.75) is 24.5 Å². The van der Waals surface area contributed by atoms with E-state index in [1.165, 1.54) is 24.3 Å². The molecule has 2 aromatic rings. The first-order valence-corrected chi connectivity index (χ1v) is 8.86. The van der Waals surface area contributed by atoms with Crippen LogP contribution in [0.5, 0.6) is 0 Å². The first-order chi connectivity index (χ1) is 11.0. The Hall–Kier alpha value is -1.28. The van der Waals surface area contributed by atoms with Crippen molar-refractivity contribution in [1.29, 1.82) is 0 Å². The summed E-state index contributed by atoms with van der Waals surface area (Å²) >= 11 is 11.8. The zero-order valence-corrected chi connectivity index (χ0v) is 14.6. The molecule has 0 radical (unpaired) electrons. The van der Waals surface area contributed by atoms with Crippen LogP contribution in [0.15, 0.2) is 41.3 Å². The molecule has 0 aromatic heterocycles. The monoisotopic (exact) mass is 397 g/mol. The van der Waals surface area contributed by atoms with Crippen molar-refractivity contribution >= 4 is 33.2 Å². The van der Waals surface area contributed by atoms with Gasteiger partial charge in [0.2, 0.25) is 10.0 Å². The number of sulfonamides is 1. The van der Waals surface area contributed by atoms with Gasteiger partial charge in [0.1, 0.15) is 4.90 Å². The summed E-state index contributed by atoms with van der Waals surface area (Å²) in [6.45, 7) is 1.46. The van der Waals surface area contributed by atoms with Gasteiger partial charge in [-0.3, -0.25) is 0 Å². The first kappa shape index (κ1) is 19.1. The number of halogens is 5. The van der Waals surface area contributed by atoms with Crippen molar-refractivity contribution in [2.24, 2.45) is 0 Å². The summed E-state index contributed by atoms with van der Waals surface area (Å²) in [5.74, 6) is 0. The number of rotatable bonds is 4. The maximum absolute atomic E-state index is 12.5. The summed E-state index contributed by atoms with van der Waals surface area (Å²) < 4.78 is 64.4. The Kier molecular flexibility index (Phi) is 5.49. The van der Waals surface area contributed by atoms with E-state index in [0.29, 0.717) is 16.1 Å². The highest BCUT2D eigenvalue weighted by Gasteiger charge is 2.30. The highest BCUT2D eigenvalue weighted by molar-refractivity contribution is 7.89. The van der Waals surface area contributed by atoms with Crippen molar-refractivity contribution < 1.29 is 21.6 Å². The fraction of sp³-hybridized carbons (Fsp3) is 0.200. The van der Waals surface area contributed by atoms with Gasteiger partial charge < -0.3 is 0 Å². The number of hydrogen-bond acceptors (Lipinski definition) is 2. The number of aryl methyl sites for hydroxylation is 1. The maximum atomic E-state index is 12.5. The zero-order valence-electron chi connectivity index (χ0n) is 12.3. The van der Waals surface area contributed by atoms with E-state index in [0.717, 1.165) is 12.1 Å². The molecule has 0 aliphatic rings. The smallest absolute Gasteiger partial charge is 0.207 e. The molecule has 1 N–H and O–H groups in total. The van der Waals surface area contributed by atoms with Gasteiger partial charge in [-0.15, -0.1) is 0 Å². The largest absolute Gasteiger partial charge is 0.416 e. The van der Waals surface area contributed by atoms with Crippen LogP contribution in [0.25, 0.3) is 0 Å². The molecule has 0 fully saturated rings. The van der Waals surface area contributed by atoms with Gasteiger partial charge in [0.15, 0.2) is 0 Å². The molecule has 0 atom stereocenters. The van der Waals surface area contributed by atoms with E-state index < -0.39 is 21.8 Å². The van der Waals surface area contributed by atoms with Gasteiger partial charge in [-0.05, 0) is 42.3 Å². The lowest BCUT2D eigenvalue weighted by Crippen LogP contribution is -2.23. The van der Waals surface area contributed by atoms with Gasteiger partial charge in [0.05, 0.1) is 10.6 Å². The van der Waals surface area contributed by atoms with E-state index >= 15 is 0 Å². The average molecular weight is 398 g/mol. The summed E-state index contributed by atoms with van der Waals surface area (Å²) in [5.41, 5.74) is 0.120. The summed E-state index contributed by atoms with van der Waals surface area (Å²) in [7, 11) is -3.93. The molecule has 0 unspecified atom stereocenters. The molecule has 0 spiro atoms. The van der Waals surface area contributed by atoms with Crippen LogP contribution in [0.3, 0.4) is 0 Å². The Morgan fingerprint density at radius 1 is 1.04 bits per heavy atom. The van der Waals surface area contributed by atoms with E-state index in [-0.39, 0.29) is 16.5 Å². The minimum absolute atomic E-state index is 0.0366. The van der Waals surface area contributed by atoms with Crippen LogP contribution < -0.4 is 4.72 Å². The van der Waals surface area contributed by atoms with Crippen LogP contribution in [0.1, 0.15) is 16.7 Å². The van der Waals surface area contributed by atoms with E-state index in [2.05, 4.69) is 4.72 Å². The molecule has 0 saturated carbocycles. The minimum Gasteiger partial charge on any atom is -0.207 e. The van der Waals surface area contributed by atoms with Crippen LogP contribution in [0.4, 0.5) is 13.2 Å². The number of hydrogen-bond donors (Lipinski definition) is 1. The second-order valence-electron chi connectivity index (χ2n) is 5.05. The lowest BCUT2D eigenvalue weighted by molar-refractivity contribution is -0.137. The van der Waals surface area contributed by atoms with Crippen molar-refractivity contribution in [2.75, 3.05) is 0 Å². The average Bonchev–Trinajstić information content (AvgIpc) is 2.48. The first-order valence-electron chi connectivity index (χ1n) is 6.62. The van der Waals surface area contributed by atoms with Crippen LogP contribution in [-0.2, 0) is 22.7 Å². The Labute approximate surface area is 147 Å². The molecule has 0 aliphatic heterocycles. The topological polar surface area (TPSA) is 46.2 Å². The molecule has 130 valence electrons. The molecule has 3 nitrogen and oxygen atoms in total. The molecule has 0 bridgehead atoms. The van der Waals surface area contributed by atoms with Gasteiger partial charge in [0.25, 0.3) is 0 Å². The van der Waals surface area contributed by atoms with Crippen molar-refractivity contribution in [3.8, 4) is 0 Å². The standard InChI is InChI=1S/C15H12Cl2F3NO2S/c1-9-6-14(13(17)7-12(9)16)24(22,23)21-8-10-2-4-11(5-3-10)15(18,19)20/h2-7,21H,8H2,1H3. The summed E-state index contributed by atoms with van der Waals surface area (Å²) in [5, 5.41) is 0.298. The van der Waals surface area contributed by atoms with Crippen LogP contribution in [0, 0.1) is 6.92 Å². The number of benzene rings is 2. The van der Waals surface area contributed by atoms with Crippen LogP contribution in [-0.4, -0.2) is 8.42 Å². The SMILES string of the molecule is Cc1cc(S(=O)(=O)NCc2ccc(C(F)(F)F)cc2)c(Cl)cc1Cl. The fourth-order valence-electron chi connectivity index (χ4n) is 1.90. The third-order valence-electron chi connectivity index (χ3n) is 3.25. The van der Waals surface area contributed by atoms with E-state index in [4.69, 9.17) is 23.2 Å². The van der Waals surface area contributed by atoms with Crippen molar-refractivity contribution in [3.05, 3.63) is 63.1 Å². The molecule has 0 aliphatic carbocycles. The maximum Gasteiger partial charge on any atom is 0.416 e. The highest BCUT2D eigenvalue weighted by atomic mass is 35.5. The number of alkyl halides is 3. The second kappa shape index (κ2) is 6.92. The summed E-state index contributed by atoms with van der Waals surface area (Å²) in [6, 6.07) is 6.86. The molecule has 9 heteroatoms. The Morgan fingerprint density at radius 2 is 1.62 bits per heavy atom. The van der Waals surface area contributed by atoms with Crippen molar-refractivity contribution in [1.82, 2.24) is 4.72 Å². The highest BCUT2D eigenvalue weighted by Crippen LogP contribution is 2.30. The minimum atomic E-state index is -4.44. The third-order valence-corrected chi connectivity index (χ3v) is 5.52. The molecular weight excluding hydrogens is 386 g/mol. The van der Waals surface area contributed by atoms with E-state index in [1.807, 2.05) is 0 Å². The van der Waals surface area contributed by atoms with Gasteiger partial charge in [0, 0.05) is 11.6 Å². The van der Waals surface area contributed by atoms with Crippen LogP contribution in [0.2, 0.25) is 10.0 Å². The zero-order chi connectivity index (χ0) is 18.1. The van der Waals surface area contributed by atoms with Gasteiger partial charge in [-0.25, -0.2) is 13.1 Å². The Morgan fingerprint density at radius 3 is 2.17 bits per heavy atom. The predicted molar refractivity (Wildman–Crippen MR) is 86.7 cm³/mol. The molecule has 0 heterocycles. The summed E-state index contributed by atoms with van der Waals surface area (Å²) in [6.07, 6.45) is -4.44. The third kappa shape index (κ3) is 4.42. The van der Waals surface area contributed by atoms with Gasteiger partial charge in [-0.1, -0.05) is 35.3 Å². The van der Waals surface area contributed by atoms with Gasteiger partial charge >= 0.3 is 6.18 Å². The molecule has 0 saturated heterocycles. The lowest BCUT2D eigenvalue weighted by atomic mass is 10.1. The molecule has 24 heavy (non-hydrogen) atoms. The van der Waals surface area contributed by atoms with E-state index in [9.17, 15) is 21.6 Å². The normalized spacial score (nSPS) is 12.4. The van der Waals surface area contributed by atoms with E-state index in [1.54, 1.807) is 6.92 Å². The Balaban J connectivity index is 2.18. The van der Waals surface area contributed by atoms with Crippen LogP contribution >= 0.6 is 23.2 Å². The number of nitrogens with one attached hydrogen (secondary N) is 1. The lowest BCUT2D eigenvalue weighted by Gasteiger charge is -2.11. The predicted octanol–water partition coefficient (Wildman–Crippen LogP) is 4.80. The van der Waals surface area contributed by atoms with Crippen molar-refractivity contribution in [3.63, 3.8) is 0 Å². The second-order valence-corrected chi connectivity index (χ2v) is 7.60. The molecular formula is C15H12Cl2F3NO2S. The molecule has 2 rings (SSSR count). The quantitative estimate of drug-likeness (QED) is 0.805. The molecule has 2 aromatic carbocycles. The fourth-order valence-corrected chi connectivity index (χ4v) is 3.75.